The predicted molar refractivity (Wildman–Crippen MR) is 74.2 cm³/mol. The van der Waals surface area contributed by atoms with E-state index in [2.05, 4.69) is 0 Å². The number of nitrogens with zero attached hydrogens (tertiary/aromatic N) is 1. The molecule has 0 fully saturated rings. The number of ketones is 1. The van der Waals surface area contributed by atoms with Crippen LogP contribution < -0.4 is 0 Å². The van der Waals surface area contributed by atoms with Crippen LogP contribution in [0, 0.1) is 0 Å². The van der Waals surface area contributed by atoms with E-state index >= 15 is 0 Å². The summed E-state index contributed by atoms with van der Waals surface area (Å²) < 4.78 is 0. The Morgan fingerprint density at radius 1 is 1.21 bits per heavy atom. The minimum atomic E-state index is -1.07. The van der Waals surface area contributed by atoms with Crippen LogP contribution in [0.3, 0.4) is 0 Å². The molecule has 19 heavy (non-hydrogen) atoms. The topological polar surface area (TPSA) is 57.6 Å². The molecule has 1 atom stereocenters. The minimum Gasteiger partial charge on any atom is -0.465 e. The largest absolute Gasteiger partial charge is 0.465 e. The zero-order chi connectivity index (χ0) is 14.6. The molecule has 4 nitrogen and oxygen atoms in total. The maximum atomic E-state index is 11.8. The van der Waals surface area contributed by atoms with Gasteiger partial charge in [-0.25, -0.2) is 4.79 Å². The average molecular weight is 263 g/mol. The summed E-state index contributed by atoms with van der Waals surface area (Å²) in [5.41, 5.74) is 0.343. The fraction of sp³-hybridized carbons (Fsp3) is 0.467. The van der Waals surface area contributed by atoms with Crippen LogP contribution in [0.4, 0.5) is 4.79 Å². The smallest absolute Gasteiger partial charge is 0.408 e. The van der Waals surface area contributed by atoms with Crippen LogP contribution in [0.25, 0.3) is 0 Å². The van der Waals surface area contributed by atoms with Crippen molar-refractivity contribution in [3.05, 3.63) is 35.9 Å². The third-order valence-electron chi connectivity index (χ3n) is 2.98. The second-order valence-electron chi connectivity index (χ2n) is 5.64. The molecule has 0 unspecified atom stereocenters. The van der Waals surface area contributed by atoms with E-state index in [1.807, 2.05) is 30.3 Å². The predicted octanol–water partition coefficient (Wildman–Crippen LogP) is 2.97. The number of hydrogen-bond donors (Lipinski definition) is 1. The molecule has 0 radical (unpaired) electrons. The Labute approximate surface area is 114 Å². The van der Waals surface area contributed by atoms with E-state index in [-0.39, 0.29) is 5.78 Å². The molecule has 0 aromatic heterocycles. The van der Waals surface area contributed by atoms with E-state index in [1.54, 1.807) is 20.8 Å². The summed E-state index contributed by atoms with van der Waals surface area (Å²) in [6.07, 6.45) is -0.664. The van der Waals surface area contributed by atoms with Crippen LogP contribution in [0.5, 0.6) is 0 Å². The van der Waals surface area contributed by atoms with Crippen LogP contribution in [0.2, 0.25) is 0 Å². The van der Waals surface area contributed by atoms with Gasteiger partial charge in [0, 0.05) is 12.0 Å². The quantitative estimate of drug-likeness (QED) is 0.908. The van der Waals surface area contributed by atoms with E-state index < -0.39 is 17.7 Å². The first kappa shape index (κ1) is 15.2. The molecular formula is C15H21NO3. The van der Waals surface area contributed by atoms with Crippen molar-refractivity contribution in [1.29, 1.82) is 0 Å². The number of carboxylic acid groups (broad SMARTS) is 1. The number of carbonyl (C=O) groups is 2. The van der Waals surface area contributed by atoms with Crippen molar-refractivity contribution >= 4 is 11.9 Å². The highest BCUT2D eigenvalue weighted by molar-refractivity contribution is 5.85. The van der Waals surface area contributed by atoms with Crippen molar-refractivity contribution in [2.75, 3.05) is 0 Å². The lowest BCUT2D eigenvalue weighted by atomic mass is 9.96. The zero-order valence-electron chi connectivity index (χ0n) is 11.9. The lowest BCUT2D eigenvalue weighted by Gasteiger charge is -2.38. The van der Waals surface area contributed by atoms with Crippen molar-refractivity contribution in [2.45, 2.75) is 45.7 Å². The highest BCUT2D eigenvalue weighted by atomic mass is 16.4. The Kier molecular flexibility index (Phi) is 4.70. The Balaban J connectivity index is 3.06. The number of Topliss-reactive ketones (excluding diaryl/α,β-unsaturated/α-hetero) is 1. The lowest BCUT2D eigenvalue weighted by Crippen LogP contribution is -2.54. The molecule has 0 aliphatic carbocycles. The van der Waals surface area contributed by atoms with Crippen LogP contribution in [-0.2, 0) is 11.2 Å². The first-order valence-corrected chi connectivity index (χ1v) is 6.30. The molecule has 4 heteroatoms. The van der Waals surface area contributed by atoms with Crippen LogP contribution in [0.1, 0.15) is 33.3 Å². The molecule has 1 amide bonds. The Morgan fingerprint density at radius 2 is 1.74 bits per heavy atom. The van der Waals surface area contributed by atoms with Gasteiger partial charge in [0.15, 0.2) is 5.78 Å². The highest BCUT2D eigenvalue weighted by Crippen LogP contribution is 2.21. The van der Waals surface area contributed by atoms with Crippen molar-refractivity contribution in [3.8, 4) is 0 Å². The standard InChI is InChI=1S/C15H21NO3/c1-11(17)13(10-12-8-6-5-7-9-12)16(14(18)19)15(2,3)4/h5-9,13H,10H2,1-4H3,(H,18,19)/t13-/m0/s1. The van der Waals surface area contributed by atoms with Gasteiger partial charge < -0.3 is 5.11 Å². The SMILES string of the molecule is CC(=O)[C@H](Cc1ccccc1)N(C(=O)O)C(C)(C)C. The monoisotopic (exact) mass is 263 g/mol. The molecule has 0 heterocycles. The summed E-state index contributed by atoms with van der Waals surface area (Å²) in [5.74, 6) is -0.138. The Morgan fingerprint density at radius 3 is 2.11 bits per heavy atom. The maximum Gasteiger partial charge on any atom is 0.408 e. The van der Waals surface area contributed by atoms with Crippen LogP contribution >= 0.6 is 0 Å². The molecule has 0 aliphatic heterocycles. The first-order chi connectivity index (χ1) is 8.73. The molecule has 1 N–H and O–H groups in total. The molecule has 1 rings (SSSR count). The van der Waals surface area contributed by atoms with Crippen molar-refractivity contribution in [1.82, 2.24) is 4.90 Å². The maximum absolute atomic E-state index is 11.8. The van der Waals surface area contributed by atoms with Crippen molar-refractivity contribution < 1.29 is 14.7 Å². The molecular weight excluding hydrogens is 242 g/mol. The van der Waals surface area contributed by atoms with Gasteiger partial charge in [0.25, 0.3) is 0 Å². The van der Waals surface area contributed by atoms with E-state index in [9.17, 15) is 14.7 Å². The van der Waals surface area contributed by atoms with Gasteiger partial charge in [-0.3, -0.25) is 9.69 Å². The number of rotatable bonds is 4. The normalized spacial score (nSPS) is 12.8. The summed E-state index contributed by atoms with van der Waals surface area (Å²) >= 11 is 0. The molecule has 0 bridgehead atoms. The second-order valence-corrected chi connectivity index (χ2v) is 5.64. The summed E-state index contributed by atoms with van der Waals surface area (Å²) in [6, 6.07) is 8.81. The summed E-state index contributed by atoms with van der Waals surface area (Å²) in [5, 5.41) is 9.38. The minimum absolute atomic E-state index is 0.138. The highest BCUT2D eigenvalue weighted by Gasteiger charge is 2.35. The first-order valence-electron chi connectivity index (χ1n) is 6.30. The fourth-order valence-electron chi connectivity index (χ4n) is 2.14. The van der Waals surface area contributed by atoms with Crippen molar-refractivity contribution in [3.63, 3.8) is 0 Å². The molecule has 104 valence electrons. The molecule has 0 saturated heterocycles. The van der Waals surface area contributed by atoms with Crippen molar-refractivity contribution in [2.24, 2.45) is 0 Å². The molecule has 0 spiro atoms. The van der Waals surface area contributed by atoms with E-state index in [1.165, 1.54) is 11.8 Å². The Bertz CT molecular complexity index is 448. The molecule has 1 aromatic rings. The van der Waals surface area contributed by atoms with Gasteiger partial charge in [-0.1, -0.05) is 30.3 Å². The van der Waals surface area contributed by atoms with Gasteiger partial charge >= 0.3 is 6.09 Å². The van der Waals surface area contributed by atoms with Gasteiger partial charge in [-0.05, 0) is 33.3 Å². The third-order valence-corrected chi connectivity index (χ3v) is 2.98. The van der Waals surface area contributed by atoms with Gasteiger partial charge in [-0.2, -0.15) is 0 Å². The fourth-order valence-corrected chi connectivity index (χ4v) is 2.14. The van der Waals surface area contributed by atoms with Gasteiger partial charge in [-0.15, -0.1) is 0 Å². The average Bonchev–Trinajstić information content (AvgIpc) is 2.27. The number of benzene rings is 1. The lowest BCUT2D eigenvalue weighted by molar-refractivity contribution is -0.123. The molecule has 1 aromatic carbocycles. The summed E-state index contributed by atoms with van der Waals surface area (Å²) in [6.45, 7) is 6.82. The zero-order valence-corrected chi connectivity index (χ0v) is 11.9. The van der Waals surface area contributed by atoms with E-state index in [0.29, 0.717) is 6.42 Å². The molecule has 0 saturated carbocycles. The number of amides is 1. The van der Waals surface area contributed by atoms with Gasteiger partial charge in [0.2, 0.25) is 0 Å². The summed E-state index contributed by atoms with van der Waals surface area (Å²) in [7, 11) is 0. The van der Waals surface area contributed by atoms with E-state index in [0.717, 1.165) is 5.56 Å². The van der Waals surface area contributed by atoms with E-state index in [4.69, 9.17) is 0 Å². The molecule has 0 aliphatic rings. The van der Waals surface area contributed by atoms with Gasteiger partial charge in [0.05, 0.1) is 6.04 Å². The Hall–Kier alpha value is -1.84. The second kappa shape index (κ2) is 5.87. The number of hydrogen-bond acceptors (Lipinski definition) is 2. The third kappa shape index (κ3) is 4.09. The number of carbonyl (C=O) groups excluding carboxylic acids is 1. The van der Waals surface area contributed by atoms with Crippen LogP contribution in [0.15, 0.2) is 30.3 Å². The van der Waals surface area contributed by atoms with Crippen LogP contribution in [-0.4, -0.2) is 33.5 Å². The summed E-state index contributed by atoms with van der Waals surface area (Å²) in [4.78, 5) is 24.5. The van der Waals surface area contributed by atoms with Gasteiger partial charge in [0.1, 0.15) is 0 Å².